The largest absolute Gasteiger partial charge is 0.475 e. The first-order valence-electron chi connectivity index (χ1n) is 15.4. The van der Waals surface area contributed by atoms with E-state index in [2.05, 4.69) is 38.0 Å². The van der Waals surface area contributed by atoms with Gasteiger partial charge in [-0.15, -0.1) is 0 Å². The molecule has 5 rings (SSSR count). The lowest BCUT2D eigenvalue weighted by Crippen LogP contribution is -2.42. The molecule has 2 amide bonds. The van der Waals surface area contributed by atoms with Crippen LogP contribution in [0.2, 0.25) is 0 Å². The molecule has 0 aliphatic carbocycles. The number of amides is 2. The molecular formula is C34H43N7O5. The van der Waals surface area contributed by atoms with E-state index in [9.17, 15) is 9.90 Å². The monoisotopic (exact) mass is 629 g/mol. The van der Waals surface area contributed by atoms with Gasteiger partial charge < -0.3 is 24.6 Å². The maximum atomic E-state index is 13.7. The molecular weight excluding hydrogens is 586 g/mol. The van der Waals surface area contributed by atoms with Gasteiger partial charge in [0.25, 0.3) is 0 Å². The highest BCUT2D eigenvalue weighted by molar-refractivity contribution is 5.91. The van der Waals surface area contributed by atoms with Crippen molar-refractivity contribution < 1.29 is 24.1 Å². The number of para-hydroxylation sites is 1. The number of anilines is 1. The van der Waals surface area contributed by atoms with Gasteiger partial charge in [0.15, 0.2) is 0 Å². The molecule has 244 valence electrons. The zero-order chi connectivity index (χ0) is 32.5. The minimum Gasteiger partial charge on any atom is -0.475 e. The van der Waals surface area contributed by atoms with E-state index in [1.165, 1.54) is 5.56 Å². The zero-order valence-electron chi connectivity index (χ0n) is 26.8. The number of hydrogen-bond donors (Lipinski definition) is 4. The number of hydrogen-bond acceptors (Lipinski definition) is 9. The van der Waals surface area contributed by atoms with Crippen molar-refractivity contribution in [1.82, 2.24) is 30.3 Å². The number of ether oxygens (including phenoxy) is 3. The van der Waals surface area contributed by atoms with Crippen LogP contribution in [-0.2, 0) is 9.47 Å². The maximum Gasteiger partial charge on any atom is 0.320 e. The van der Waals surface area contributed by atoms with Gasteiger partial charge in [0.2, 0.25) is 5.88 Å². The first-order chi connectivity index (χ1) is 22.4. The number of carbonyl (C=O) groups excluding carboxylic acids is 1. The minimum absolute atomic E-state index is 0.104. The molecule has 2 aromatic heterocycles. The first-order valence-corrected chi connectivity index (χ1v) is 15.4. The summed E-state index contributed by atoms with van der Waals surface area (Å²) in [5.41, 5.74) is 4.43. The molecule has 0 radical (unpaired) electrons. The molecule has 2 aromatic carbocycles. The highest BCUT2D eigenvalue weighted by Crippen LogP contribution is 2.34. The molecule has 1 fully saturated rings. The number of nitrogens with zero attached hydrogens (tertiary/aromatic N) is 4. The molecule has 3 heterocycles. The molecule has 1 unspecified atom stereocenters. The molecule has 1 saturated heterocycles. The molecule has 0 spiro atoms. The maximum absolute atomic E-state index is 13.7. The van der Waals surface area contributed by atoms with Gasteiger partial charge in [0.1, 0.15) is 18.7 Å². The Morgan fingerprint density at radius 1 is 1.02 bits per heavy atom. The quantitative estimate of drug-likeness (QED) is 0.122. The molecule has 0 saturated carbocycles. The van der Waals surface area contributed by atoms with E-state index in [-0.39, 0.29) is 24.6 Å². The number of rotatable bonds is 14. The molecule has 4 aromatic rings. The second-order valence-electron chi connectivity index (χ2n) is 11.2. The third-order valence-corrected chi connectivity index (χ3v) is 8.15. The number of methoxy groups -OCH3 is 2. The molecule has 12 heteroatoms. The number of aliphatic hydroxyl groups excluding tert-OH is 1. The zero-order valence-corrected chi connectivity index (χ0v) is 26.8. The standard InChI is InChI=1S/C34H43N7O5/c1-23-30(25-19-27(32(42)35-2)33(36-20-25)46-18-17-45-4)39-41(26-13-9-6-10-14-26)31(23)38-34(43)37-29-22-40(15-16-44-3)21-28(29)24-11-7-5-8-12-24/h5-14,19-20,28-29,32,35,42H,15-18,21-22H2,1-4H3,(H2,37,38,43)/t28-,29+,32?/m0/s1. The summed E-state index contributed by atoms with van der Waals surface area (Å²) in [5.74, 6) is 0.956. The van der Waals surface area contributed by atoms with E-state index in [4.69, 9.17) is 19.3 Å². The van der Waals surface area contributed by atoms with Crippen LogP contribution in [0.3, 0.4) is 0 Å². The summed E-state index contributed by atoms with van der Waals surface area (Å²) >= 11 is 0. The molecule has 1 aliphatic heterocycles. The highest BCUT2D eigenvalue weighted by Gasteiger charge is 2.35. The normalized spacial score (nSPS) is 17.2. The van der Waals surface area contributed by atoms with Crippen LogP contribution in [0.4, 0.5) is 10.6 Å². The fraction of sp³-hybridized carbons (Fsp3) is 0.382. The van der Waals surface area contributed by atoms with Crippen LogP contribution >= 0.6 is 0 Å². The Balaban J connectivity index is 1.45. The number of benzene rings is 2. The Bertz CT molecular complexity index is 1570. The predicted molar refractivity (Wildman–Crippen MR) is 176 cm³/mol. The van der Waals surface area contributed by atoms with Gasteiger partial charge in [-0.05, 0) is 37.7 Å². The van der Waals surface area contributed by atoms with Gasteiger partial charge in [-0.25, -0.2) is 14.5 Å². The van der Waals surface area contributed by atoms with Gasteiger partial charge >= 0.3 is 6.03 Å². The number of carbonyl (C=O) groups is 1. The lowest BCUT2D eigenvalue weighted by molar-refractivity contribution is 0.126. The molecule has 4 N–H and O–H groups in total. The Kier molecular flexibility index (Phi) is 11.3. The van der Waals surface area contributed by atoms with Gasteiger partial charge in [0.05, 0.1) is 36.2 Å². The molecule has 0 bridgehead atoms. The van der Waals surface area contributed by atoms with E-state index in [0.717, 1.165) is 24.3 Å². The smallest absolute Gasteiger partial charge is 0.320 e. The van der Waals surface area contributed by atoms with E-state index in [1.54, 1.807) is 38.2 Å². The van der Waals surface area contributed by atoms with Crippen molar-refractivity contribution in [1.29, 1.82) is 0 Å². The van der Waals surface area contributed by atoms with Crippen molar-refractivity contribution in [3.63, 3.8) is 0 Å². The Morgan fingerprint density at radius 2 is 1.74 bits per heavy atom. The Labute approximate surface area is 269 Å². The number of nitrogens with one attached hydrogen (secondary N) is 3. The number of aromatic nitrogens is 3. The molecule has 1 aliphatic rings. The van der Waals surface area contributed by atoms with Crippen LogP contribution in [0.1, 0.15) is 28.8 Å². The fourth-order valence-corrected chi connectivity index (χ4v) is 5.75. The van der Waals surface area contributed by atoms with Crippen LogP contribution in [0.5, 0.6) is 5.88 Å². The van der Waals surface area contributed by atoms with E-state index in [0.29, 0.717) is 48.3 Å². The highest BCUT2D eigenvalue weighted by atomic mass is 16.5. The lowest BCUT2D eigenvalue weighted by atomic mass is 9.94. The average Bonchev–Trinajstić information content (AvgIpc) is 3.64. The van der Waals surface area contributed by atoms with Crippen LogP contribution in [0.25, 0.3) is 16.9 Å². The van der Waals surface area contributed by atoms with Crippen molar-refractivity contribution >= 4 is 11.8 Å². The number of pyridine rings is 1. The summed E-state index contributed by atoms with van der Waals surface area (Å²) in [6, 6.07) is 21.3. The molecule has 3 atom stereocenters. The Hall–Kier alpha value is -4.33. The van der Waals surface area contributed by atoms with Crippen molar-refractivity contribution in [3.8, 4) is 22.8 Å². The summed E-state index contributed by atoms with van der Waals surface area (Å²) in [5, 5.41) is 24.8. The minimum atomic E-state index is -1.02. The third kappa shape index (κ3) is 7.72. The van der Waals surface area contributed by atoms with Gasteiger partial charge in [-0.2, -0.15) is 5.10 Å². The summed E-state index contributed by atoms with van der Waals surface area (Å²) in [6.45, 7) is 5.52. The summed E-state index contributed by atoms with van der Waals surface area (Å²) < 4.78 is 17.9. The van der Waals surface area contributed by atoms with E-state index < -0.39 is 6.23 Å². The summed E-state index contributed by atoms with van der Waals surface area (Å²) in [6.07, 6.45) is 0.637. The van der Waals surface area contributed by atoms with Crippen molar-refractivity contribution in [2.45, 2.75) is 25.1 Å². The number of aliphatic hydroxyl groups is 1. The third-order valence-electron chi connectivity index (χ3n) is 8.15. The van der Waals surface area contributed by atoms with Crippen molar-refractivity contribution in [2.75, 3.05) is 66.0 Å². The lowest BCUT2D eigenvalue weighted by Gasteiger charge is -2.21. The Morgan fingerprint density at radius 3 is 2.43 bits per heavy atom. The number of likely N-dealkylation sites (tertiary alicyclic amines) is 1. The van der Waals surface area contributed by atoms with Crippen LogP contribution in [0.15, 0.2) is 72.9 Å². The molecule has 46 heavy (non-hydrogen) atoms. The van der Waals surface area contributed by atoms with Gasteiger partial charge in [-0.3, -0.25) is 15.5 Å². The van der Waals surface area contributed by atoms with Crippen LogP contribution in [0, 0.1) is 6.92 Å². The topological polar surface area (TPSA) is 135 Å². The second kappa shape index (κ2) is 15.8. The average molecular weight is 630 g/mol. The van der Waals surface area contributed by atoms with Crippen molar-refractivity contribution in [2.24, 2.45) is 0 Å². The van der Waals surface area contributed by atoms with E-state index in [1.807, 2.05) is 55.5 Å². The van der Waals surface area contributed by atoms with Crippen LogP contribution < -0.4 is 20.7 Å². The molecule has 12 nitrogen and oxygen atoms in total. The summed E-state index contributed by atoms with van der Waals surface area (Å²) in [7, 11) is 4.94. The fourth-order valence-electron chi connectivity index (χ4n) is 5.75. The van der Waals surface area contributed by atoms with Crippen molar-refractivity contribution in [3.05, 3.63) is 89.6 Å². The predicted octanol–water partition coefficient (Wildman–Crippen LogP) is 3.71. The van der Waals surface area contributed by atoms with Gasteiger partial charge in [0, 0.05) is 57.1 Å². The second-order valence-corrected chi connectivity index (χ2v) is 11.2. The first kappa shape index (κ1) is 33.0. The SMILES string of the molecule is CNC(O)c1cc(-c2nn(-c3ccccc3)c(NC(=O)N[C@@H]3CN(CCOC)C[C@H]3c3ccccc3)c2C)cnc1OCCOC. The van der Waals surface area contributed by atoms with E-state index >= 15 is 0 Å². The number of urea groups is 1. The summed E-state index contributed by atoms with van der Waals surface area (Å²) in [4.78, 5) is 20.5. The van der Waals surface area contributed by atoms with Crippen LogP contribution in [-0.4, -0.2) is 97.6 Å². The van der Waals surface area contributed by atoms with Gasteiger partial charge in [-0.1, -0.05) is 48.5 Å².